The van der Waals surface area contributed by atoms with Gasteiger partial charge in [-0.2, -0.15) is 0 Å². The molecule has 0 bridgehead atoms. The Morgan fingerprint density at radius 3 is 2.25 bits per heavy atom. The van der Waals surface area contributed by atoms with E-state index in [0.717, 1.165) is 24.5 Å². The number of nitrogens with one attached hydrogen (secondary N) is 2. The Morgan fingerprint density at radius 2 is 1.58 bits per heavy atom. The average Bonchev–Trinajstić information content (AvgIpc) is 3.10. The SMILES string of the molecule is NC(=O)Nc1ccc(C(=O)Nc2ccccc2N2CCCC2)cc1. The molecule has 0 aromatic heterocycles. The first-order chi connectivity index (χ1) is 11.6. The number of amides is 3. The quantitative estimate of drug-likeness (QED) is 0.808. The Morgan fingerprint density at radius 1 is 0.917 bits per heavy atom. The van der Waals surface area contributed by atoms with Crippen molar-refractivity contribution < 1.29 is 9.59 Å². The molecule has 2 aromatic carbocycles. The molecule has 24 heavy (non-hydrogen) atoms. The normalized spacial score (nSPS) is 13.6. The fourth-order valence-corrected chi connectivity index (χ4v) is 2.85. The molecule has 124 valence electrons. The van der Waals surface area contributed by atoms with E-state index >= 15 is 0 Å². The van der Waals surface area contributed by atoms with E-state index in [1.807, 2.05) is 24.3 Å². The number of hydrogen-bond donors (Lipinski definition) is 3. The zero-order valence-corrected chi connectivity index (χ0v) is 13.3. The number of primary amides is 1. The van der Waals surface area contributed by atoms with Gasteiger partial charge in [0.05, 0.1) is 11.4 Å². The highest BCUT2D eigenvalue weighted by Gasteiger charge is 2.17. The number of urea groups is 1. The zero-order valence-electron chi connectivity index (χ0n) is 13.3. The third-order valence-corrected chi connectivity index (χ3v) is 4.01. The van der Waals surface area contributed by atoms with Crippen LogP contribution in [0.5, 0.6) is 0 Å². The van der Waals surface area contributed by atoms with E-state index in [0.29, 0.717) is 11.3 Å². The number of carbonyl (C=O) groups is 2. The van der Waals surface area contributed by atoms with Crippen molar-refractivity contribution in [2.24, 2.45) is 5.73 Å². The topological polar surface area (TPSA) is 87.5 Å². The second-order valence-corrected chi connectivity index (χ2v) is 5.73. The molecule has 2 aromatic rings. The van der Waals surface area contributed by atoms with Crippen molar-refractivity contribution in [3.63, 3.8) is 0 Å². The molecular weight excluding hydrogens is 304 g/mol. The van der Waals surface area contributed by atoms with Crippen LogP contribution in [-0.2, 0) is 0 Å². The van der Waals surface area contributed by atoms with Gasteiger partial charge in [0.25, 0.3) is 5.91 Å². The van der Waals surface area contributed by atoms with Crippen molar-refractivity contribution in [1.82, 2.24) is 0 Å². The first-order valence-corrected chi connectivity index (χ1v) is 7.95. The number of rotatable bonds is 4. The molecule has 1 fully saturated rings. The Kier molecular flexibility index (Phi) is 4.65. The summed E-state index contributed by atoms with van der Waals surface area (Å²) in [6.45, 7) is 2.03. The Balaban J connectivity index is 1.74. The summed E-state index contributed by atoms with van der Waals surface area (Å²) in [6, 6.07) is 13.8. The molecule has 0 spiro atoms. The number of benzene rings is 2. The fourth-order valence-electron chi connectivity index (χ4n) is 2.85. The lowest BCUT2D eigenvalue weighted by Crippen LogP contribution is -2.21. The van der Waals surface area contributed by atoms with Gasteiger partial charge in [-0.25, -0.2) is 4.79 Å². The van der Waals surface area contributed by atoms with Crippen molar-refractivity contribution in [3.8, 4) is 0 Å². The van der Waals surface area contributed by atoms with Crippen molar-refractivity contribution in [2.75, 3.05) is 28.6 Å². The lowest BCUT2D eigenvalue weighted by molar-refractivity contribution is 0.102. The van der Waals surface area contributed by atoms with Crippen LogP contribution in [0.4, 0.5) is 21.9 Å². The van der Waals surface area contributed by atoms with Gasteiger partial charge in [0.1, 0.15) is 0 Å². The largest absolute Gasteiger partial charge is 0.370 e. The highest BCUT2D eigenvalue weighted by molar-refractivity contribution is 6.06. The average molecular weight is 324 g/mol. The maximum absolute atomic E-state index is 12.5. The molecule has 0 radical (unpaired) electrons. The lowest BCUT2D eigenvalue weighted by atomic mass is 10.1. The molecule has 0 saturated carbocycles. The van der Waals surface area contributed by atoms with Crippen molar-refractivity contribution in [3.05, 3.63) is 54.1 Å². The van der Waals surface area contributed by atoms with Crippen LogP contribution in [0.3, 0.4) is 0 Å². The van der Waals surface area contributed by atoms with Gasteiger partial charge < -0.3 is 21.3 Å². The summed E-state index contributed by atoms with van der Waals surface area (Å²) >= 11 is 0. The zero-order chi connectivity index (χ0) is 16.9. The van der Waals surface area contributed by atoms with Gasteiger partial charge >= 0.3 is 6.03 Å². The predicted octanol–water partition coefficient (Wildman–Crippen LogP) is 3.03. The van der Waals surface area contributed by atoms with E-state index in [4.69, 9.17) is 5.73 Å². The van der Waals surface area contributed by atoms with Gasteiger partial charge in [0.15, 0.2) is 0 Å². The number of carbonyl (C=O) groups excluding carboxylic acids is 2. The summed E-state index contributed by atoms with van der Waals surface area (Å²) < 4.78 is 0. The molecule has 1 heterocycles. The summed E-state index contributed by atoms with van der Waals surface area (Å²) in [5, 5.41) is 5.44. The smallest absolute Gasteiger partial charge is 0.316 e. The van der Waals surface area contributed by atoms with Gasteiger partial charge in [0, 0.05) is 24.3 Å². The minimum atomic E-state index is -0.633. The molecule has 3 rings (SSSR count). The second kappa shape index (κ2) is 7.04. The van der Waals surface area contributed by atoms with Gasteiger partial charge in [0.2, 0.25) is 0 Å². The number of anilines is 3. The van der Waals surface area contributed by atoms with E-state index < -0.39 is 6.03 Å². The van der Waals surface area contributed by atoms with Crippen LogP contribution < -0.4 is 21.3 Å². The van der Waals surface area contributed by atoms with Crippen LogP contribution in [0, 0.1) is 0 Å². The van der Waals surface area contributed by atoms with Crippen LogP contribution >= 0.6 is 0 Å². The van der Waals surface area contributed by atoms with Crippen molar-refractivity contribution >= 4 is 29.0 Å². The van der Waals surface area contributed by atoms with E-state index in [-0.39, 0.29) is 5.91 Å². The van der Waals surface area contributed by atoms with Crippen molar-refractivity contribution in [1.29, 1.82) is 0 Å². The number of nitrogens with two attached hydrogens (primary N) is 1. The van der Waals surface area contributed by atoms with Crippen LogP contribution in [0.25, 0.3) is 0 Å². The minimum absolute atomic E-state index is 0.188. The molecule has 4 N–H and O–H groups in total. The van der Waals surface area contributed by atoms with Crippen LogP contribution in [-0.4, -0.2) is 25.0 Å². The maximum atomic E-state index is 12.5. The highest BCUT2D eigenvalue weighted by Crippen LogP contribution is 2.29. The van der Waals surface area contributed by atoms with Crippen molar-refractivity contribution in [2.45, 2.75) is 12.8 Å². The number of nitrogens with zero attached hydrogens (tertiary/aromatic N) is 1. The second-order valence-electron chi connectivity index (χ2n) is 5.73. The fraction of sp³-hybridized carbons (Fsp3) is 0.222. The predicted molar refractivity (Wildman–Crippen MR) is 95.5 cm³/mol. The summed E-state index contributed by atoms with van der Waals surface area (Å²) in [7, 11) is 0. The minimum Gasteiger partial charge on any atom is -0.370 e. The third-order valence-electron chi connectivity index (χ3n) is 4.01. The molecule has 1 aliphatic rings. The third kappa shape index (κ3) is 3.65. The lowest BCUT2D eigenvalue weighted by Gasteiger charge is -2.21. The monoisotopic (exact) mass is 324 g/mol. The summed E-state index contributed by atoms with van der Waals surface area (Å²) in [5.41, 5.74) is 7.99. The summed E-state index contributed by atoms with van der Waals surface area (Å²) in [5.74, 6) is -0.188. The first-order valence-electron chi connectivity index (χ1n) is 7.95. The molecule has 0 aliphatic carbocycles. The summed E-state index contributed by atoms with van der Waals surface area (Å²) in [6.07, 6.45) is 2.35. The van der Waals surface area contributed by atoms with E-state index in [1.165, 1.54) is 12.8 Å². The van der Waals surface area contributed by atoms with E-state index in [2.05, 4.69) is 15.5 Å². The molecule has 1 saturated heterocycles. The molecule has 1 aliphatic heterocycles. The number of para-hydroxylation sites is 2. The molecule has 0 atom stereocenters. The molecular formula is C18H20N4O2. The van der Waals surface area contributed by atoms with E-state index in [9.17, 15) is 9.59 Å². The number of hydrogen-bond acceptors (Lipinski definition) is 3. The van der Waals surface area contributed by atoms with Crippen LogP contribution in [0.1, 0.15) is 23.2 Å². The van der Waals surface area contributed by atoms with Crippen LogP contribution in [0.15, 0.2) is 48.5 Å². The molecule has 6 heteroatoms. The maximum Gasteiger partial charge on any atom is 0.316 e. The van der Waals surface area contributed by atoms with Gasteiger partial charge in [-0.15, -0.1) is 0 Å². The van der Waals surface area contributed by atoms with Crippen LogP contribution in [0.2, 0.25) is 0 Å². The van der Waals surface area contributed by atoms with Gasteiger partial charge in [-0.1, -0.05) is 12.1 Å². The van der Waals surface area contributed by atoms with Gasteiger partial charge in [-0.05, 0) is 49.2 Å². The molecule has 0 unspecified atom stereocenters. The molecule has 3 amide bonds. The first kappa shape index (κ1) is 15.9. The Hall–Kier alpha value is -3.02. The standard InChI is InChI=1S/C18H20N4O2/c19-18(24)20-14-9-7-13(8-10-14)17(23)21-15-5-1-2-6-16(15)22-11-3-4-12-22/h1-2,5-10H,3-4,11-12H2,(H,21,23)(H3,19,20,24). The Labute approximate surface area is 140 Å². The van der Waals surface area contributed by atoms with E-state index in [1.54, 1.807) is 24.3 Å². The molecule has 6 nitrogen and oxygen atoms in total. The Bertz CT molecular complexity index is 737. The highest BCUT2D eigenvalue weighted by atomic mass is 16.2. The summed E-state index contributed by atoms with van der Waals surface area (Å²) in [4.78, 5) is 25.6. The van der Waals surface area contributed by atoms with Gasteiger partial charge in [-0.3, -0.25) is 4.79 Å².